The van der Waals surface area contributed by atoms with Crippen LogP contribution in [-0.2, 0) is 16.1 Å². The van der Waals surface area contributed by atoms with Crippen LogP contribution < -0.4 is 15.4 Å². The molecule has 1 aromatic carbocycles. The number of ether oxygens (including phenoxy) is 2. The molecular weight excluding hydrogens is 454 g/mol. The van der Waals surface area contributed by atoms with Gasteiger partial charge >= 0.3 is 0 Å². The van der Waals surface area contributed by atoms with Crippen molar-refractivity contribution in [2.24, 2.45) is 0 Å². The van der Waals surface area contributed by atoms with Crippen molar-refractivity contribution >= 4 is 45.8 Å². The Bertz CT molecular complexity index is 1350. The molecular formula is C24H23N5O4S. The summed E-state index contributed by atoms with van der Waals surface area (Å²) in [4.78, 5) is 35.1. The van der Waals surface area contributed by atoms with Crippen molar-refractivity contribution in [2.45, 2.75) is 19.9 Å². The van der Waals surface area contributed by atoms with E-state index in [4.69, 9.17) is 9.47 Å². The second-order valence-electron chi connectivity index (χ2n) is 7.67. The Morgan fingerprint density at radius 2 is 2.12 bits per heavy atom. The van der Waals surface area contributed by atoms with Gasteiger partial charge in [-0.1, -0.05) is 0 Å². The summed E-state index contributed by atoms with van der Waals surface area (Å²) in [6, 6.07) is 11.2. The highest BCUT2D eigenvalue weighted by Gasteiger charge is 2.21. The lowest BCUT2D eigenvalue weighted by atomic mass is 10.2. The molecule has 1 aliphatic heterocycles. The summed E-state index contributed by atoms with van der Waals surface area (Å²) in [5.74, 6) is 0.570. The zero-order chi connectivity index (χ0) is 23.5. The van der Waals surface area contributed by atoms with Gasteiger partial charge in [0.15, 0.2) is 6.61 Å². The zero-order valence-corrected chi connectivity index (χ0v) is 19.4. The van der Waals surface area contributed by atoms with Gasteiger partial charge in [-0.05, 0) is 49.2 Å². The molecule has 4 heterocycles. The summed E-state index contributed by atoms with van der Waals surface area (Å²) in [5.41, 5.74) is 3.04. The maximum atomic E-state index is 13.1. The summed E-state index contributed by atoms with van der Waals surface area (Å²) in [6.45, 7) is 3.77. The molecule has 34 heavy (non-hydrogen) atoms. The molecule has 0 saturated carbocycles. The van der Waals surface area contributed by atoms with E-state index in [1.165, 1.54) is 11.3 Å². The average Bonchev–Trinajstić information content (AvgIpc) is 3.46. The highest BCUT2D eigenvalue weighted by molar-refractivity contribution is 7.17. The molecule has 3 aromatic heterocycles. The Kier molecular flexibility index (Phi) is 6.24. The number of thiophene rings is 1. The Morgan fingerprint density at radius 1 is 1.26 bits per heavy atom. The van der Waals surface area contributed by atoms with Crippen LogP contribution in [0.5, 0.6) is 5.75 Å². The quantitative estimate of drug-likeness (QED) is 0.369. The standard InChI is InChI=1S/C24H23N5O4S/c1-2-32-11-3-10-29-18-13-19-17(26-22(30)14-33-19)12-16(18)27-24(29)28-23(31)21-5-4-20(34-21)15-6-8-25-9-7-15/h4-9,12-13H,2-3,10-11,14H2,1H3,(H,26,30)(H,27,28,31). The van der Waals surface area contributed by atoms with Gasteiger partial charge in [0, 0.05) is 43.1 Å². The lowest BCUT2D eigenvalue weighted by molar-refractivity contribution is -0.118. The van der Waals surface area contributed by atoms with E-state index in [2.05, 4.69) is 20.6 Å². The number of aromatic nitrogens is 3. The molecule has 4 aromatic rings. The predicted octanol–water partition coefficient (Wildman–Crippen LogP) is 4.17. The largest absolute Gasteiger partial charge is 0.482 e. The first-order chi connectivity index (χ1) is 16.6. The summed E-state index contributed by atoms with van der Waals surface area (Å²) < 4.78 is 13.0. The fourth-order valence-corrected chi connectivity index (χ4v) is 4.69. The molecule has 2 amide bonds. The van der Waals surface area contributed by atoms with E-state index in [-0.39, 0.29) is 18.4 Å². The number of carbonyl (C=O) groups excluding carboxylic acids is 2. The first-order valence-electron chi connectivity index (χ1n) is 11.0. The number of anilines is 2. The molecule has 0 atom stereocenters. The van der Waals surface area contributed by atoms with Crippen molar-refractivity contribution < 1.29 is 19.1 Å². The maximum Gasteiger partial charge on any atom is 0.268 e. The van der Waals surface area contributed by atoms with Crippen molar-refractivity contribution in [3.63, 3.8) is 0 Å². The van der Waals surface area contributed by atoms with Crippen LogP contribution >= 0.6 is 11.3 Å². The predicted molar refractivity (Wildman–Crippen MR) is 130 cm³/mol. The molecule has 0 radical (unpaired) electrons. The third-order valence-electron chi connectivity index (χ3n) is 5.38. The number of pyridine rings is 1. The number of benzene rings is 1. The highest BCUT2D eigenvalue weighted by atomic mass is 32.1. The summed E-state index contributed by atoms with van der Waals surface area (Å²) in [7, 11) is 0. The van der Waals surface area contributed by atoms with E-state index in [0.717, 1.165) is 22.4 Å². The van der Waals surface area contributed by atoms with Crippen LogP contribution in [0.4, 0.5) is 11.6 Å². The third kappa shape index (κ3) is 4.50. The van der Waals surface area contributed by atoms with E-state index in [1.54, 1.807) is 24.5 Å². The minimum Gasteiger partial charge on any atom is -0.482 e. The number of nitrogens with one attached hydrogen (secondary N) is 2. The van der Waals surface area contributed by atoms with Crippen LogP contribution in [-0.4, -0.2) is 46.2 Å². The fourth-order valence-electron chi connectivity index (χ4n) is 3.78. The molecule has 10 heteroatoms. The van der Waals surface area contributed by atoms with E-state index >= 15 is 0 Å². The van der Waals surface area contributed by atoms with Crippen LogP contribution in [0, 0.1) is 0 Å². The minimum absolute atomic E-state index is 0.0290. The van der Waals surface area contributed by atoms with Crippen LogP contribution in [0.3, 0.4) is 0 Å². The average molecular weight is 478 g/mol. The Labute approximate surface area is 199 Å². The first-order valence-corrected chi connectivity index (χ1v) is 11.8. The molecule has 5 rings (SSSR count). The number of imidazole rings is 1. The Balaban J connectivity index is 1.44. The summed E-state index contributed by atoms with van der Waals surface area (Å²) >= 11 is 1.41. The Hall–Kier alpha value is -3.76. The smallest absolute Gasteiger partial charge is 0.268 e. The summed E-state index contributed by atoms with van der Waals surface area (Å²) in [5, 5.41) is 5.77. The van der Waals surface area contributed by atoms with Crippen molar-refractivity contribution in [3.8, 4) is 16.2 Å². The molecule has 174 valence electrons. The molecule has 1 aliphatic rings. The number of amides is 2. The third-order valence-corrected chi connectivity index (χ3v) is 6.51. The van der Waals surface area contributed by atoms with Gasteiger partial charge in [0.1, 0.15) is 5.75 Å². The van der Waals surface area contributed by atoms with Gasteiger partial charge in [-0.15, -0.1) is 11.3 Å². The molecule has 0 aliphatic carbocycles. The van der Waals surface area contributed by atoms with Gasteiger partial charge < -0.3 is 19.4 Å². The molecule has 0 spiro atoms. The van der Waals surface area contributed by atoms with Gasteiger partial charge in [-0.3, -0.25) is 19.9 Å². The molecule has 0 bridgehead atoms. The number of carbonyl (C=O) groups is 2. The monoisotopic (exact) mass is 477 g/mol. The van der Waals surface area contributed by atoms with Gasteiger partial charge in [0.2, 0.25) is 5.95 Å². The first kappa shape index (κ1) is 22.1. The van der Waals surface area contributed by atoms with Crippen molar-refractivity contribution in [2.75, 3.05) is 30.5 Å². The van der Waals surface area contributed by atoms with Crippen molar-refractivity contribution in [1.29, 1.82) is 0 Å². The zero-order valence-electron chi connectivity index (χ0n) is 18.5. The lowest BCUT2D eigenvalue weighted by Gasteiger charge is -2.18. The van der Waals surface area contributed by atoms with Crippen LogP contribution in [0.1, 0.15) is 23.0 Å². The minimum atomic E-state index is -0.235. The number of rotatable bonds is 8. The van der Waals surface area contributed by atoms with E-state index in [0.29, 0.717) is 47.5 Å². The van der Waals surface area contributed by atoms with E-state index in [9.17, 15) is 9.59 Å². The number of aryl methyl sites for hydroxylation is 1. The second kappa shape index (κ2) is 9.62. The molecule has 0 saturated heterocycles. The van der Waals surface area contributed by atoms with Crippen LogP contribution in [0.15, 0.2) is 48.8 Å². The topological polar surface area (TPSA) is 107 Å². The van der Waals surface area contributed by atoms with Gasteiger partial charge in [0.05, 0.1) is 21.6 Å². The number of nitrogens with zero attached hydrogens (tertiary/aromatic N) is 3. The van der Waals surface area contributed by atoms with Crippen molar-refractivity contribution in [3.05, 3.63) is 53.7 Å². The van der Waals surface area contributed by atoms with Crippen molar-refractivity contribution in [1.82, 2.24) is 14.5 Å². The fraction of sp³-hybridized carbons (Fsp3) is 0.250. The van der Waals surface area contributed by atoms with Crippen LogP contribution in [0.2, 0.25) is 0 Å². The molecule has 9 nitrogen and oxygen atoms in total. The van der Waals surface area contributed by atoms with Crippen LogP contribution in [0.25, 0.3) is 21.5 Å². The second-order valence-corrected chi connectivity index (χ2v) is 8.75. The van der Waals surface area contributed by atoms with Gasteiger partial charge in [-0.25, -0.2) is 4.98 Å². The summed E-state index contributed by atoms with van der Waals surface area (Å²) in [6.07, 6.45) is 4.21. The maximum absolute atomic E-state index is 13.1. The van der Waals surface area contributed by atoms with E-state index < -0.39 is 0 Å². The molecule has 0 unspecified atom stereocenters. The SMILES string of the molecule is CCOCCCn1c(NC(=O)c2ccc(-c3ccncc3)s2)nc2cc3c(cc21)OCC(=O)N3. The van der Waals surface area contributed by atoms with Gasteiger partial charge in [0.25, 0.3) is 11.8 Å². The Morgan fingerprint density at radius 3 is 2.94 bits per heavy atom. The number of fused-ring (bicyclic) bond motifs is 2. The normalized spacial score (nSPS) is 12.8. The lowest BCUT2D eigenvalue weighted by Crippen LogP contribution is -2.25. The molecule has 0 fully saturated rings. The number of hydrogen-bond donors (Lipinski definition) is 2. The van der Waals surface area contributed by atoms with Gasteiger partial charge in [-0.2, -0.15) is 0 Å². The van der Waals surface area contributed by atoms with E-state index in [1.807, 2.05) is 35.8 Å². The highest BCUT2D eigenvalue weighted by Crippen LogP contribution is 2.34. The molecule has 2 N–H and O–H groups in total. The number of hydrogen-bond acceptors (Lipinski definition) is 7.